The molecule has 0 spiro atoms. The van der Waals surface area contributed by atoms with E-state index < -0.39 is 11.2 Å². The summed E-state index contributed by atoms with van der Waals surface area (Å²) in [5, 5.41) is 11.1. The SMILES string of the molecule is CC(C)(C)OC(=O)N1CCC(O)(Cc2ccccc2OCc2ccccc2)CC1. The van der Waals surface area contributed by atoms with E-state index in [9.17, 15) is 9.90 Å². The second kappa shape index (κ2) is 8.87. The van der Waals surface area contributed by atoms with E-state index in [1.165, 1.54) is 0 Å². The second-order valence-corrected chi connectivity index (χ2v) is 8.75. The summed E-state index contributed by atoms with van der Waals surface area (Å²) in [4.78, 5) is 13.9. The molecule has 0 atom stereocenters. The first-order valence-corrected chi connectivity index (χ1v) is 10.2. The van der Waals surface area contributed by atoms with E-state index in [1.807, 2.05) is 75.4 Å². The van der Waals surface area contributed by atoms with Gasteiger partial charge in [-0.05, 0) is 50.8 Å². The molecule has 0 radical (unpaired) electrons. The van der Waals surface area contributed by atoms with Gasteiger partial charge in [-0.3, -0.25) is 0 Å². The number of hydrogen-bond acceptors (Lipinski definition) is 4. The summed E-state index contributed by atoms with van der Waals surface area (Å²) in [6.07, 6.45) is 1.21. The van der Waals surface area contributed by atoms with Crippen molar-refractivity contribution in [2.75, 3.05) is 13.1 Å². The van der Waals surface area contributed by atoms with Crippen molar-refractivity contribution in [3.63, 3.8) is 0 Å². The molecule has 0 saturated carbocycles. The van der Waals surface area contributed by atoms with Crippen LogP contribution < -0.4 is 4.74 Å². The summed E-state index contributed by atoms with van der Waals surface area (Å²) in [6.45, 7) is 7.03. The van der Waals surface area contributed by atoms with Gasteiger partial charge in [0.25, 0.3) is 0 Å². The number of ether oxygens (including phenoxy) is 2. The number of amides is 1. The Bertz CT molecular complexity index is 805. The summed E-state index contributed by atoms with van der Waals surface area (Å²) in [7, 11) is 0. The number of likely N-dealkylation sites (tertiary alicyclic amines) is 1. The minimum absolute atomic E-state index is 0.314. The molecule has 1 heterocycles. The van der Waals surface area contributed by atoms with Gasteiger partial charge in [0.05, 0.1) is 5.60 Å². The number of piperidine rings is 1. The highest BCUT2D eigenvalue weighted by atomic mass is 16.6. The molecule has 1 amide bonds. The molecule has 2 aromatic rings. The van der Waals surface area contributed by atoms with E-state index in [4.69, 9.17) is 9.47 Å². The molecule has 0 bridgehead atoms. The fourth-order valence-corrected chi connectivity index (χ4v) is 3.49. The maximum atomic E-state index is 12.3. The van der Waals surface area contributed by atoms with Crippen LogP contribution in [0.2, 0.25) is 0 Å². The number of carbonyl (C=O) groups excluding carboxylic acids is 1. The van der Waals surface area contributed by atoms with Crippen LogP contribution in [0.25, 0.3) is 0 Å². The molecule has 0 aromatic heterocycles. The number of rotatable bonds is 5. The van der Waals surface area contributed by atoms with Crippen LogP contribution in [-0.4, -0.2) is 40.4 Å². The molecular weight excluding hydrogens is 366 g/mol. The first-order valence-electron chi connectivity index (χ1n) is 10.2. The van der Waals surface area contributed by atoms with E-state index in [2.05, 4.69) is 0 Å². The predicted octanol–water partition coefficient (Wildman–Crippen LogP) is 4.57. The van der Waals surface area contributed by atoms with Crippen LogP contribution in [0.1, 0.15) is 44.7 Å². The summed E-state index contributed by atoms with van der Waals surface area (Å²) in [5.74, 6) is 0.791. The van der Waals surface area contributed by atoms with Crippen LogP contribution >= 0.6 is 0 Å². The fourth-order valence-electron chi connectivity index (χ4n) is 3.49. The summed E-state index contributed by atoms with van der Waals surface area (Å²) < 4.78 is 11.5. The van der Waals surface area contributed by atoms with E-state index >= 15 is 0 Å². The van der Waals surface area contributed by atoms with Crippen LogP contribution in [0.5, 0.6) is 5.75 Å². The molecule has 5 nitrogen and oxygen atoms in total. The van der Waals surface area contributed by atoms with Crippen molar-refractivity contribution in [2.24, 2.45) is 0 Å². The Morgan fingerprint density at radius 2 is 1.66 bits per heavy atom. The van der Waals surface area contributed by atoms with Crippen LogP contribution in [0.15, 0.2) is 54.6 Å². The smallest absolute Gasteiger partial charge is 0.410 e. The van der Waals surface area contributed by atoms with Gasteiger partial charge in [0.1, 0.15) is 18.0 Å². The molecule has 1 aliphatic heterocycles. The zero-order chi connectivity index (χ0) is 20.9. The van der Waals surface area contributed by atoms with Gasteiger partial charge >= 0.3 is 6.09 Å². The molecule has 1 N–H and O–H groups in total. The fraction of sp³-hybridized carbons (Fsp3) is 0.458. The molecule has 29 heavy (non-hydrogen) atoms. The van der Waals surface area contributed by atoms with Gasteiger partial charge < -0.3 is 19.5 Å². The van der Waals surface area contributed by atoms with Gasteiger partial charge in [0.15, 0.2) is 0 Å². The Labute approximate surface area is 173 Å². The molecule has 0 aliphatic carbocycles. The maximum absolute atomic E-state index is 12.3. The van der Waals surface area contributed by atoms with Crippen LogP contribution in [-0.2, 0) is 17.8 Å². The van der Waals surface area contributed by atoms with Crippen molar-refractivity contribution in [3.8, 4) is 5.75 Å². The number of aliphatic hydroxyl groups is 1. The molecule has 0 unspecified atom stereocenters. The Kier molecular flexibility index (Phi) is 6.48. The topological polar surface area (TPSA) is 59.0 Å². The van der Waals surface area contributed by atoms with E-state index in [0.717, 1.165) is 16.9 Å². The lowest BCUT2D eigenvalue weighted by Crippen LogP contribution is -2.49. The minimum Gasteiger partial charge on any atom is -0.489 e. The largest absolute Gasteiger partial charge is 0.489 e. The molecule has 3 rings (SSSR count). The van der Waals surface area contributed by atoms with Gasteiger partial charge in [-0.2, -0.15) is 0 Å². The number of nitrogens with zero attached hydrogens (tertiary/aromatic N) is 1. The van der Waals surface area contributed by atoms with Crippen LogP contribution in [0, 0.1) is 0 Å². The van der Waals surface area contributed by atoms with Gasteiger partial charge in [-0.25, -0.2) is 4.79 Å². The summed E-state index contributed by atoms with van der Waals surface area (Å²) in [6, 6.07) is 17.9. The molecule has 1 aliphatic rings. The first-order chi connectivity index (χ1) is 13.7. The van der Waals surface area contributed by atoms with Crippen LogP contribution in [0.4, 0.5) is 4.79 Å². The standard InChI is InChI=1S/C24H31NO4/c1-23(2,3)29-22(26)25-15-13-24(27,14-16-25)17-20-11-7-8-12-21(20)28-18-19-9-5-4-6-10-19/h4-12,27H,13-18H2,1-3H3. The Balaban J connectivity index is 1.59. The van der Waals surface area contributed by atoms with Gasteiger partial charge in [0.2, 0.25) is 0 Å². The van der Waals surface area contributed by atoms with Crippen molar-refractivity contribution >= 4 is 6.09 Å². The average molecular weight is 398 g/mol. The quantitative estimate of drug-likeness (QED) is 0.803. The van der Waals surface area contributed by atoms with E-state index in [1.54, 1.807) is 4.90 Å². The lowest BCUT2D eigenvalue weighted by atomic mass is 9.85. The van der Waals surface area contributed by atoms with Crippen molar-refractivity contribution < 1.29 is 19.4 Å². The lowest BCUT2D eigenvalue weighted by Gasteiger charge is -2.39. The first kappa shape index (κ1) is 21.2. The van der Waals surface area contributed by atoms with Crippen molar-refractivity contribution in [2.45, 2.75) is 57.8 Å². The van der Waals surface area contributed by atoms with Crippen molar-refractivity contribution in [1.82, 2.24) is 4.90 Å². The minimum atomic E-state index is -0.856. The highest BCUT2D eigenvalue weighted by molar-refractivity contribution is 5.68. The predicted molar refractivity (Wildman–Crippen MR) is 113 cm³/mol. The third kappa shape index (κ3) is 6.23. The average Bonchev–Trinajstić information content (AvgIpc) is 2.67. The monoisotopic (exact) mass is 397 g/mol. The molecule has 156 valence electrons. The summed E-state index contributed by atoms with van der Waals surface area (Å²) >= 11 is 0. The molecule has 1 saturated heterocycles. The number of benzene rings is 2. The van der Waals surface area contributed by atoms with Gasteiger partial charge in [0, 0.05) is 19.5 Å². The zero-order valence-corrected chi connectivity index (χ0v) is 17.6. The number of para-hydroxylation sites is 1. The Morgan fingerprint density at radius 1 is 1.03 bits per heavy atom. The normalized spacial score (nSPS) is 16.3. The molecule has 2 aromatic carbocycles. The van der Waals surface area contributed by atoms with Crippen LogP contribution in [0.3, 0.4) is 0 Å². The Hall–Kier alpha value is -2.53. The molecule has 1 fully saturated rings. The maximum Gasteiger partial charge on any atom is 0.410 e. The van der Waals surface area contributed by atoms with Crippen molar-refractivity contribution in [1.29, 1.82) is 0 Å². The molecule has 5 heteroatoms. The van der Waals surface area contributed by atoms with E-state index in [-0.39, 0.29) is 6.09 Å². The highest BCUT2D eigenvalue weighted by Gasteiger charge is 2.36. The lowest BCUT2D eigenvalue weighted by molar-refractivity contribution is -0.0318. The number of carbonyl (C=O) groups is 1. The van der Waals surface area contributed by atoms with Crippen molar-refractivity contribution in [3.05, 3.63) is 65.7 Å². The van der Waals surface area contributed by atoms with Gasteiger partial charge in [-0.15, -0.1) is 0 Å². The number of hydrogen-bond donors (Lipinski definition) is 1. The zero-order valence-electron chi connectivity index (χ0n) is 17.6. The summed E-state index contributed by atoms with van der Waals surface area (Å²) in [5.41, 5.74) is 0.716. The van der Waals surface area contributed by atoms with E-state index in [0.29, 0.717) is 39.0 Å². The third-order valence-electron chi connectivity index (χ3n) is 5.08. The van der Waals surface area contributed by atoms with Gasteiger partial charge in [-0.1, -0.05) is 48.5 Å². The third-order valence-corrected chi connectivity index (χ3v) is 5.08. The second-order valence-electron chi connectivity index (χ2n) is 8.75. The highest BCUT2D eigenvalue weighted by Crippen LogP contribution is 2.31. The Morgan fingerprint density at radius 3 is 2.31 bits per heavy atom. The molecular formula is C24H31NO4.